The Hall–Kier alpha value is -3.27. The lowest BCUT2D eigenvalue weighted by atomic mass is 10.0. The van der Waals surface area contributed by atoms with Gasteiger partial charge in [-0.2, -0.15) is 0 Å². The van der Waals surface area contributed by atoms with Gasteiger partial charge in [0.2, 0.25) is 11.6 Å². The van der Waals surface area contributed by atoms with E-state index >= 15 is 0 Å². The lowest BCUT2D eigenvalue weighted by molar-refractivity contribution is -0.655. The first-order chi connectivity index (χ1) is 13.6. The molecule has 0 bridgehead atoms. The summed E-state index contributed by atoms with van der Waals surface area (Å²) in [4.78, 5) is 48.1. The predicted molar refractivity (Wildman–Crippen MR) is 98.5 cm³/mol. The zero-order chi connectivity index (χ0) is 19.3. The minimum atomic E-state index is -0.311. The number of H-pyrrole nitrogens is 1. The molecule has 10 nitrogen and oxygen atoms in total. The molecule has 0 aromatic carbocycles. The zero-order valence-corrected chi connectivity index (χ0v) is 15.2. The van der Waals surface area contributed by atoms with Crippen molar-refractivity contribution in [2.75, 3.05) is 44.2 Å². The van der Waals surface area contributed by atoms with Crippen LogP contribution in [-0.4, -0.2) is 75.4 Å². The maximum Gasteiger partial charge on any atom is 0.259 e. The molecular weight excluding hydrogens is 362 g/mol. The number of fused-ring (bicyclic) bond motifs is 1. The third-order valence-electron chi connectivity index (χ3n) is 5.35. The van der Waals surface area contributed by atoms with Gasteiger partial charge in [0.1, 0.15) is 12.5 Å². The molecule has 2 aromatic heterocycles. The predicted octanol–water partition coefficient (Wildman–Crippen LogP) is -0.516. The summed E-state index contributed by atoms with van der Waals surface area (Å²) in [5, 5.41) is 2.52. The molecule has 0 spiro atoms. The molecule has 4 heterocycles. The minimum absolute atomic E-state index is 0.0801. The quantitative estimate of drug-likeness (QED) is 0.561. The highest BCUT2D eigenvalue weighted by molar-refractivity contribution is 6.22. The van der Waals surface area contributed by atoms with Crippen LogP contribution < -0.4 is 9.56 Å². The lowest BCUT2D eigenvalue weighted by Crippen LogP contribution is -2.49. The number of anilines is 1. The van der Waals surface area contributed by atoms with Crippen LogP contribution in [0.25, 0.3) is 0 Å². The number of aromatic nitrogens is 4. The fraction of sp³-hybridized carbons (Fsp3) is 0.389. The molecule has 2 aromatic rings. The fourth-order valence-corrected chi connectivity index (χ4v) is 3.73. The van der Waals surface area contributed by atoms with Crippen molar-refractivity contribution in [2.45, 2.75) is 6.67 Å². The number of hydrogen-bond donors (Lipinski definition) is 1. The highest BCUT2D eigenvalue weighted by atomic mass is 16.3. The smallest absolute Gasteiger partial charge is 0.259 e. The van der Waals surface area contributed by atoms with Crippen LogP contribution in [0.15, 0.2) is 36.2 Å². The van der Waals surface area contributed by atoms with Gasteiger partial charge in [-0.1, -0.05) is 15.8 Å². The van der Waals surface area contributed by atoms with E-state index < -0.39 is 0 Å². The van der Waals surface area contributed by atoms with Crippen molar-refractivity contribution >= 4 is 17.4 Å². The molecule has 2 aliphatic heterocycles. The van der Waals surface area contributed by atoms with Crippen molar-refractivity contribution in [1.29, 1.82) is 0 Å². The summed E-state index contributed by atoms with van der Waals surface area (Å²) < 4.78 is 1.80. The normalized spacial score (nSPS) is 19.6. The van der Waals surface area contributed by atoms with Crippen molar-refractivity contribution in [3.05, 3.63) is 52.5 Å². The molecule has 5 rings (SSSR count). The van der Waals surface area contributed by atoms with Gasteiger partial charge in [-0.3, -0.25) is 14.5 Å². The topological polar surface area (TPSA) is 100 Å². The third kappa shape index (κ3) is 2.82. The Bertz CT molecular complexity index is 1030. The molecule has 28 heavy (non-hydrogen) atoms. The van der Waals surface area contributed by atoms with E-state index in [4.69, 9.17) is 0 Å². The van der Waals surface area contributed by atoms with Gasteiger partial charge >= 0.3 is 0 Å². The van der Waals surface area contributed by atoms with Gasteiger partial charge in [-0.25, -0.2) is 4.98 Å². The van der Waals surface area contributed by atoms with Crippen molar-refractivity contribution in [3.63, 3.8) is 0 Å². The van der Waals surface area contributed by atoms with Crippen molar-refractivity contribution < 1.29 is 14.2 Å². The van der Waals surface area contributed by atoms with Crippen LogP contribution >= 0.6 is 0 Å². The van der Waals surface area contributed by atoms with Crippen LogP contribution in [-0.2, 0) is 6.67 Å². The number of allylic oxidation sites excluding steroid dienone is 2. The summed E-state index contributed by atoms with van der Waals surface area (Å²) in [6, 6.07) is 5.82. The molecular formula is C18H20N7O3+. The van der Waals surface area contributed by atoms with Crippen LogP contribution in [0.2, 0.25) is 0 Å². The largest absolute Gasteiger partial charge is 0.365 e. The Balaban J connectivity index is 1.33. The number of aromatic amines is 1. The second-order valence-corrected chi connectivity index (χ2v) is 7.15. The third-order valence-corrected chi connectivity index (χ3v) is 5.35. The Morgan fingerprint density at radius 1 is 1.04 bits per heavy atom. The summed E-state index contributed by atoms with van der Waals surface area (Å²) in [5.41, 5.74) is 0.588. The maximum atomic E-state index is 12.6. The van der Waals surface area contributed by atoms with E-state index in [-0.39, 0.29) is 29.6 Å². The van der Waals surface area contributed by atoms with Crippen molar-refractivity contribution in [2.24, 2.45) is 0 Å². The number of rotatable bonds is 4. The second-order valence-electron chi connectivity index (χ2n) is 7.15. The molecule has 0 radical (unpaired) electrons. The van der Waals surface area contributed by atoms with Gasteiger partial charge in [0.15, 0.2) is 11.4 Å². The Morgan fingerprint density at radius 2 is 1.79 bits per heavy atom. The number of carbonyl (C=O) groups excluding carboxylic acids is 2. The summed E-state index contributed by atoms with van der Waals surface area (Å²) in [5.74, 6) is 0.325. The minimum Gasteiger partial charge on any atom is -0.365 e. The van der Waals surface area contributed by atoms with Crippen LogP contribution in [0, 0.1) is 4.91 Å². The highest BCUT2D eigenvalue weighted by Crippen LogP contribution is 2.25. The van der Waals surface area contributed by atoms with E-state index in [2.05, 4.69) is 19.9 Å². The van der Waals surface area contributed by atoms with Gasteiger partial charge < -0.3 is 9.80 Å². The van der Waals surface area contributed by atoms with Crippen LogP contribution in [0.1, 0.15) is 21.0 Å². The summed E-state index contributed by atoms with van der Waals surface area (Å²) >= 11 is 0. The molecule has 0 atom stereocenters. The number of ketones is 2. The van der Waals surface area contributed by atoms with E-state index in [0.717, 1.165) is 45.1 Å². The Labute approximate surface area is 160 Å². The molecule has 0 amide bonds. The second kappa shape index (κ2) is 6.41. The number of Topliss-reactive ketones (excluding diaryl/α,β-unsaturated/α-hetero) is 1. The van der Waals surface area contributed by atoms with Crippen LogP contribution in [0.4, 0.5) is 5.82 Å². The Kier molecular flexibility index (Phi) is 3.86. The first kappa shape index (κ1) is 16.9. The summed E-state index contributed by atoms with van der Waals surface area (Å²) in [6.45, 7) is 4.76. The molecule has 2 fully saturated rings. The van der Waals surface area contributed by atoms with Gasteiger partial charge in [-0.05, 0) is 12.1 Å². The van der Waals surface area contributed by atoms with Crippen LogP contribution in [0.3, 0.4) is 0 Å². The standard InChI is InChI=1S/C18H19N7O3/c26-14-11-13(22-9-10-22)18(27)16-17(14)24(25(28)20-16)12-21-5-7-23(8-6-21)15-3-1-2-4-19-15/h1-4,11H,5-10,12H2/p+1. The number of hydrogen-bond acceptors (Lipinski definition) is 7. The Morgan fingerprint density at radius 3 is 2.46 bits per heavy atom. The van der Waals surface area contributed by atoms with Gasteiger partial charge in [-0.15, -0.1) is 0 Å². The number of carbonyl (C=O) groups is 2. The molecule has 2 saturated heterocycles. The molecule has 3 aliphatic rings. The molecule has 0 unspecified atom stereocenters. The molecule has 10 heteroatoms. The van der Waals surface area contributed by atoms with E-state index in [9.17, 15) is 14.5 Å². The molecule has 0 saturated carbocycles. The average Bonchev–Trinajstić information content (AvgIpc) is 3.50. The number of pyridine rings is 1. The average molecular weight is 382 g/mol. The van der Waals surface area contributed by atoms with Crippen molar-refractivity contribution in [3.8, 4) is 0 Å². The maximum absolute atomic E-state index is 12.6. The summed E-state index contributed by atoms with van der Waals surface area (Å²) in [6.07, 6.45) is 3.12. The van der Waals surface area contributed by atoms with Gasteiger partial charge in [0.25, 0.3) is 4.66 Å². The number of piperazine rings is 1. The van der Waals surface area contributed by atoms with E-state index in [1.54, 1.807) is 6.20 Å². The van der Waals surface area contributed by atoms with Gasteiger partial charge in [0, 0.05) is 51.5 Å². The highest BCUT2D eigenvalue weighted by Gasteiger charge is 2.40. The zero-order valence-electron chi connectivity index (χ0n) is 15.2. The first-order valence-electron chi connectivity index (χ1n) is 9.31. The van der Waals surface area contributed by atoms with E-state index in [0.29, 0.717) is 10.4 Å². The number of nitrogens with zero attached hydrogens (tertiary/aromatic N) is 6. The lowest BCUT2D eigenvalue weighted by Gasteiger charge is -2.34. The van der Waals surface area contributed by atoms with Crippen LogP contribution in [0.5, 0.6) is 0 Å². The molecule has 1 N–H and O–H groups in total. The van der Waals surface area contributed by atoms with E-state index in [1.165, 1.54) is 10.8 Å². The fourth-order valence-electron chi connectivity index (χ4n) is 3.73. The SMILES string of the molecule is O=C1C(N2CC2)=CC(=O)c2c1[nH][n+](=O)n2CN1CCN(c2ccccn2)CC1. The number of nitrogens with one attached hydrogen (secondary N) is 1. The summed E-state index contributed by atoms with van der Waals surface area (Å²) in [7, 11) is 0. The van der Waals surface area contributed by atoms with Gasteiger partial charge in [0.05, 0.1) is 10.6 Å². The first-order valence-corrected chi connectivity index (χ1v) is 9.31. The van der Waals surface area contributed by atoms with E-state index in [1.807, 2.05) is 23.1 Å². The van der Waals surface area contributed by atoms with Crippen molar-refractivity contribution in [1.82, 2.24) is 24.6 Å². The molecule has 144 valence electrons. The molecule has 1 aliphatic carbocycles. The monoisotopic (exact) mass is 382 g/mol.